The van der Waals surface area contributed by atoms with Crippen LogP contribution >= 0.6 is 0 Å². The average molecular weight is 203 g/mol. The lowest BCUT2D eigenvalue weighted by atomic mass is 10.1. The summed E-state index contributed by atoms with van der Waals surface area (Å²) in [4.78, 5) is 11.6. The third kappa shape index (κ3) is 2.99. The van der Waals surface area contributed by atoms with E-state index in [1.54, 1.807) is 12.1 Å². The highest BCUT2D eigenvalue weighted by atomic mass is 16.1. The molecule has 1 aromatic carbocycles. The quantitative estimate of drug-likeness (QED) is 0.726. The van der Waals surface area contributed by atoms with Crippen LogP contribution in [0.3, 0.4) is 0 Å². The lowest BCUT2D eigenvalue weighted by Gasteiger charge is -2.09. The molecule has 0 heterocycles. The van der Waals surface area contributed by atoms with Crippen molar-refractivity contribution in [2.75, 3.05) is 18.4 Å². The Kier molecular flexibility index (Phi) is 4.17. The monoisotopic (exact) mass is 203 g/mol. The number of amides is 1. The molecule has 15 heavy (non-hydrogen) atoms. The Balaban J connectivity index is 2.83. The van der Waals surface area contributed by atoms with Crippen molar-refractivity contribution in [1.29, 1.82) is 5.26 Å². The van der Waals surface area contributed by atoms with Gasteiger partial charge in [-0.1, -0.05) is 12.1 Å². The van der Waals surface area contributed by atoms with Gasteiger partial charge < -0.3 is 10.6 Å². The van der Waals surface area contributed by atoms with Crippen molar-refractivity contribution in [1.82, 2.24) is 5.32 Å². The summed E-state index contributed by atoms with van der Waals surface area (Å²) in [5.41, 5.74) is 1.35. The van der Waals surface area contributed by atoms with Crippen molar-refractivity contribution in [2.45, 2.75) is 6.92 Å². The van der Waals surface area contributed by atoms with Gasteiger partial charge in [-0.25, -0.2) is 0 Å². The standard InChI is InChI=1S/C11H13N3O/c1-2-13-10-6-4-3-5-9(10)11(15)14-8-7-12/h3-6,13H,2,8H2,1H3,(H,14,15). The molecule has 4 nitrogen and oxygen atoms in total. The van der Waals surface area contributed by atoms with Crippen LogP contribution in [0, 0.1) is 11.3 Å². The number of rotatable bonds is 4. The summed E-state index contributed by atoms with van der Waals surface area (Å²) in [6.45, 7) is 2.74. The summed E-state index contributed by atoms with van der Waals surface area (Å²) in [5.74, 6) is -0.229. The second-order valence-corrected chi connectivity index (χ2v) is 2.92. The van der Waals surface area contributed by atoms with Gasteiger partial charge in [-0.3, -0.25) is 4.79 Å². The zero-order valence-corrected chi connectivity index (χ0v) is 8.58. The van der Waals surface area contributed by atoms with Crippen molar-refractivity contribution in [3.8, 4) is 6.07 Å². The third-order valence-corrected chi connectivity index (χ3v) is 1.87. The number of nitrogens with one attached hydrogen (secondary N) is 2. The van der Waals surface area contributed by atoms with Crippen molar-refractivity contribution in [3.05, 3.63) is 29.8 Å². The minimum Gasteiger partial charge on any atom is -0.385 e. The van der Waals surface area contributed by atoms with Crippen LogP contribution < -0.4 is 10.6 Å². The molecule has 0 fully saturated rings. The molecule has 0 saturated carbocycles. The number of hydrogen-bond donors (Lipinski definition) is 2. The van der Waals surface area contributed by atoms with E-state index in [4.69, 9.17) is 5.26 Å². The Morgan fingerprint density at radius 2 is 2.20 bits per heavy atom. The lowest BCUT2D eigenvalue weighted by molar-refractivity contribution is 0.0959. The minimum atomic E-state index is -0.229. The Morgan fingerprint density at radius 1 is 1.47 bits per heavy atom. The van der Waals surface area contributed by atoms with Gasteiger partial charge in [0.05, 0.1) is 11.6 Å². The number of hydrogen-bond acceptors (Lipinski definition) is 3. The number of anilines is 1. The summed E-state index contributed by atoms with van der Waals surface area (Å²) < 4.78 is 0. The second kappa shape index (κ2) is 5.66. The zero-order chi connectivity index (χ0) is 11.1. The van der Waals surface area contributed by atoms with Crippen LogP contribution in [0.25, 0.3) is 0 Å². The Bertz CT molecular complexity index is 382. The summed E-state index contributed by atoms with van der Waals surface area (Å²) in [7, 11) is 0. The van der Waals surface area contributed by atoms with E-state index in [0.29, 0.717) is 5.56 Å². The van der Waals surface area contributed by atoms with Gasteiger partial charge in [0, 0.05) is 12.2 Å². The first-order valence-corrected chi connectivity index (χ1v) is 4.77. The Hall–Kier alpha value is -2.02. The Morgan fingerprint density at radius 3 is 2.87 bits per heavy atom. The van der Waals surface area contributed by atoms with Gasteiger partial charge in [0.15, 0.2) is 0 Å². The van der Waals surface area contributed by atoms with E-state index in [1.807, 2.05) is 25.1 Å². The number of nitrogens with zero attached hydrogens (tertiary/aromatic N) is 1. The van der Waals surface area contributed by atoms with E-state index >= 15 is 0 Å². The van der Waals surface area contributed by atoms with Gasteiger partial charge in [-0.2, -0.15) is 5.26 Å². The molecule has 2 N–H and O–H groups in total. The highest BCUT2D eigenvalue weighted by Gasteiger charge is 2.08. The molecule has 0 aliphatic carbocycles. The molecule has 0 spiro atoms. The summed E-state index contributed by atoms with van der Waals surface area (Å²) in [5, 5.41) is 14.0. The summed E-state index contributed by atoms with van der Waals surface area (Å²) >= 11 is 0. The fraction of sp³-hybridized carbons (Fsp3) is 0.273. The van der Waals surface area contributed by atoms with Crippen molar-refractivity contribution in [2.24, 2.45) is 0 Å². The van der Waals surface area contributed by atoms with Crippen LogP contribution in [0.5, 0.6) is 0 Å². The molecule has 4 heteroatoms. The maximum Gasteiger partial charge on any atom is 0.254 e. The topological polar surface area (TPSA) is 64.9 Å². The fourth-order valence-corrected chi connectivity index (χ4v) is 1.24. The molecular formula is C11H13N3O. The van der Waals surface area contributed by atoms with Crippen molar-refractivity contribution < 1.29 is 4.79 Å². The predicted molar refractivity (Wildman–Crippen MR) is 58.6 cm³/mol. The van der Waals surface area contributed by atoms with Gasteiger partial charge in [-0.15, -0.1) is 0 Å². The first-order valence-electron chi connectivity index (χ1n) is 4.77. The number of carbonyl (C=O) groups excluding carboxylic acids is 1. The van der Waals surface area contributed by atoms with E-state index in [1.165, 1.54) is 0 Å². The van der Waals surface area contributed by atoms with E-state index in [-0.39, 0.29) is 12.5 Å². The minimum absolute atomic E-state index is 0.0271. The molecule has 0 bridgehead atoms. The molecule has 0 aliphatic heterocycles. The molecule has 0 radical (unpaired) electrons. The zero-order valence-electron chi connectivity index (χ0n) is 8.58. The van der Waals surface area contributed by atoms with Crippen molar-refractivity contribution in [3.63, 3.8) is 0 Å². The molecule has 0 aliphatic rings. The number of nitriles is 1. The van der Waals surface area contributed by atoms with Crippen LogP contribution in [0.1, 0.15) is 17.3 Å². The van der Waals surface area contributed by atoms with Gasteiger partial charge in [0.1, 0.15) is 6.54 Å². The van der Waals surface area contributed by atoms with E-state index in [9.17, 15) is 4.79 Å². The highest BCUT2D eigenvalue weighted by Crippen LogP contribution is 2.14. The van der Waals surface area contributed by atoms with Gasteiger partial charge >= 0.3 is 0 Å². The van der Waals surface area contributed by atoms with E-state index in [2.05, 4.69) is 10.6 Å². The van der Waals surface area contributed by atoms with E-state index in [0.717, 1.165) is 12.2 Å². The van der Waals surface area contributed by atoms with E-state index < -0.39 is 0 Å². The molecule has 1 rings (SSSR count). The van der Waals surface area contributed by atoms with Crippen LogP contribution in [0.15, 0.2) is 24.3 Å². The normalized spacial score (nSPS) is 9.07. The van der Waals surface area contributed by atoms with Gasteiger partial charge in [0.2, 0.25) is 0 Å². The summed E-state index contributed by atoms with van der Waals surface area (Å²) in [6.07, 6.45) is 0. The number of carbonyl (C=O) groups is 1. The SMILES string of the molecule is CCNc1ccccc1C(=O)NCC#N. The first-order chi connectivity index (χ1) is 7.29. The third-order valence-electron chi connectivity index (χ3n) is 1.87. The first kappa shape index (κ1) is 11.1. The van der Waals surface area contributed by atoms with Crippen LogP contribution in [-0.4, -0.2) is 19.0 Å². The fourth-order valence-electron chi connectivity index (χ4n) is 1.24. The largest absolute Gasteiger partial charge is 0.385 e. The molecule has 0 aromatic heterocycles. The maximum atomic E-state index is 11.6. The van der Waals surface area contributed by atoms with Gasteiger partial charge in [0.25, 0.3) is 5.91 Å². The summed E-state index contributed by atoms with van der Waals surface area (Å²) in [6, 6.07) is 9.09. The molecule has 0 atom stereocenters. The second-order valence-electron chi connectivity index (χ2n) is 2.92. The van der Waals surface area contributed by atoms with Gasteiger partial charge in [-0.05, 0) is 19.1 Å². The Labute approximate surface area is 88.9 Å². The smallest absolute Gasteiger partial charge is 0.254 e. The average Bonchev–Trinajstić information content (AvgIpc) is 2.27. The molecular weight excluding hydrogens is 190 g/mol. The van der Waals surface area contributed by atoms with Crippen LogP contribution in [-0.2, 0) is 0 Å². The maximum absolute atomic E-state index is 11.6. The van der Waals surface area contributed by atoms with Crippen molar-refractivity contribution >= 4 is 11.6 Å². The predicted octanol–water partition coefficient (Wildman–Crippen LogP) is 1.37. The molecule has 1 amide bonds. The molecule has 0 unspecified atom stereocenters. The van der Waals surface area contributed by atoms with Crippen LogP contribution in [0.2, 0.25) is 0 Å². The molecule has 78 valence electrons. The molecule has 1 aromatic rings. The molecule has 0 saturated heterocycles. The number of para-hydroxylation sites is 1. The number of benzene rings is 1. The highest BCUT2D eigenvalue weighted by molar-refractivity contribution is 5.99. The lowest BCUT2D eigenvalue weighted by Crippen LogP contribution is -2.24. The van der Waals surface area contributed by atoms with Crippen LogP contribution in [0.4, 0.5) is 5.69 Å².